The summed E-state index contributed by atoms with van der Waals surface area (Å²) < 4.78 is 3.78. The van der Waals surface area contributed by atoms with E-state index in [0.29, 0.717) is 13.0 Å². The molecule has 1 N–H and O–H groups in total. The van der Waals surface area contributed by atoms with Gasteiger partial charge in [-0.1, -0.05) is 19.3 Å². The lowest BCUT2D eigenvalue weighted by atomic mass is 9.71. The number of aromatic nitrogens is 6. The molecule has 0 radical (unpaired) electrons. The molecule has 8 heteroatoms. The number of carbonyl (C=O) groups excluding carboxylic acids is 1. The Morgan fingerprint density at radius 3 is 2.79 bits per heavy atom. The summed E-state index contributed by atoms with van der Waals surface area (Å²) in [4.78, 5) is 16.4. The van der Waals surface area contributed by atoms with Crippen LogP contribution >= 0.6 is 0 Å². The number of hydrogen-bond donors (Lipinski definition) is 1. The van der Waals surface area contributed by atoms with E-state index in [1.54, 1.807) is 23.5 Å². The van der Waals surface area contributed by atoms with E-state index in [1.165, 1.54) is 19.3 Å². The second-order valence-corrected chi connectivity index (χ2v) is 6.75. The average molecular weight is 331 g/mol. The molecule has 0 spiro atoms. The molecule has 0 saturated heterocycles. The predicted octanol–water partition coefficient (Wildman–Crippen LogP) is 1.42. The molecule has 0 atom stereocenters. The van der Waals surface area contributed by atoms with Crippen LogP contribution in [0.1, 0.15) is 44.9 Å². The molecule has 24 heavy (non-hydrogen) atoms. The van der Waals surface area contributed by atoms with Crippen LogP contribution in [0.4, 0.5) is 0 Å². The van der Waals surface area contributed by atoms with Gasteiger partial charge < -0.3 is 9.88 Å². The first-order valence-electron chi connectivity index (χ1n) is 8.69. The van der Waals surface area contributed by atoms with E-state index < -0.39 is 0 Å². The lowest BCUT2D eigenvalue weighted by Gasteiger charge is -2.36. The zero-order valence-electron chi connectivity index (χ0n) is 14.0. The largest absolute Gasteiger partial charge is 0.356 e. The number of tetrazole rings is 1. The molecule has 1 aliphatic rings. The Morgan fingerprint density at radius 1 is 1.21 bits per heavy atom. The van der Waals surface area contributed by atoms with Gasteiger partial charge in [-0.15, -0.1) is 5.10 Å². The van der Waals surface area contributed by atoms with Gasteiger partial charge in [0, 0.05) is 31.9 Å². The van der Waals surface area contributed by atoms with Crippen LogP contribution in [0.2, 0.25) is 0 Å². The normalized spacial score (nSPS) is 16.8. The van der Waals surface area contributed by atoms with Gasteiger partial charge in [-0.3, -0.25) is 4.79 Å². The summed E-state index contributed by atoms with van der Waals surface area (Å²) in [7, 11) is 0. The number of rotatable bonds is 8. The SMILES string of the molecule is O=C(CC1(Cn2cnnn2)CCCCC1)NCCCn1ccnc1. The van der Waals surface area contributed by atoms with Crippen LogP contribution in [0.15, 0.2) is 25.0 Å². The summed E-state index contributed by atoms with van der Waals surface area (Å²) in [5.41, 5.74) is -0.0118. The number of hydrogen-bond acceptors (Lipinski definition) is 5. The predicted molar refractivity (Wildman–Crippen MR) is 87.8 cm³/mol. The number of amides is 1. The van der Waals surface area contributed by atoms with Crippen molar-refractivity contribution in [2.24, 2.45) is 5.41 Å². The second kappa shape index (κ2) is 8.03. The first kappa shape index (κ1) is 16.6. The number of carbonyl (C=O) groups is 1. The molecule has 0 aliphatic heterocycles. The minimum Gasteiger partial charge on any atom is -0.356 e. The molecule has 0 bridgehead atoms. The lowest BCUT2D eigenvalue weighted by molar-refractivity contribution is -0.124. The summed E-state index contributed by atoms with van der Waals surface area (Å²) in [6.07, 6.45) is 14.3. The molecule has 2 heterocycles. The topological polar surface area (TPSA) is 90.5 Å². The first-order valence-corrected chi connectivity index (χ1v) is 8.69. The van der Waals surface area contributed by atoms with Gasteiger partial charge in [0.25, 0.3) is 0 Å². The second-order valence-electron chi connectivity index (χ2n) is 6.75. The smallest absolute Gasteiger partial charge is 0.220 e. The van der Waals surface area contributed by atoms with Crippen LogP contribution < -0.4 is 5.32 Å². The van der Waals surface area contributed by atoms with Crippen molar-refractivity contribution in [2.75, 3.05) is 6.54 Å². The number of imidazole rings is 1. The Kier molecular flexibility index (Phi) is 5.55. The number of nitrogens with zero attached hydrogens (tertiary/aromatic N) is 6. The van der Waals surface area contributed by atoms with Crippen molar-refractivity contribution in [3.8, 4) is 0 Å². The van der Waals surface area contributed by atoms with Gasteiger partial charge in [-0.2, -0.15) is 0 Å². The Balaban J connectivity index is 1.47. The molecule has 3 rings (SSSR count). The molecule has 2 aromatic rings. The summed E-state index contributed by atoms with van der Waals surface area (Å²) >= 11 is 0. The summed E-state index contributed by atoms with van der Waals surface area (Å²) in [5.74, 6) is 0.135. The Bertz CT molecular complexity index is 602. The molecule has 1 aliphatic carbocycles. The fourth-order valence-electron chi connectivity index (χ4n) is 3.60. The van der Waals surface area contributed by atoms with Crippen LogP contribution in [-0.4, -0.2) is 42.2 Å². The minimum absolute atomic E-state index is 0.0118. The molecular weight excluding hydrogens is 306 g/mol. The molecular formula is C16H25N7O. The van der Waals surface area contributed by atoms with E-state index in [-0.39, 0.29) is 11.3 Å². The molecule has 0 aromatic carbocycles. The lowest BCUT2D eigenvalue weighted by Crippen LogP contribution is -2.37. The summed E-state index contributed by atoms with van der Waals surface area (Å²) in [5, 5.41) is 14.5. The van der Waals surface area contributed by atoms with E-state index in [4.69, 9.17) is 0 Å². The van der Waals surface area contributed by atoms with Crippen molar-refractivity contribution in [1.29, 1.82) is 0 Å². The van der Waals surface area contributed by atoms with Crippen molar-refractivity contribution in [2.45, 2.75) is 58.0 Å². The first-order chi connectivity index (χ1) is 11.8. The highest BCUT2D eigenvalue weighted by Gasteiger charge is 2.35. The average Bonchev–Trinajstić information content (AvgIpc) is 3.26. The zero-order valence-corrected chi connectivity index (χ0v) is 14.0. The maximum atomic E-state index is 12.4. The zero-order chi connectivity index (χ0) is 16.7. The Labute approximate surface area is 141 Å². The molecule has 1 amide bonds. The summed E-state index contributed by atoms with van der Waals surface area (Å²) in [6, 6.07) is 0. The fourth-order valence-corrected chi connectivity index (χ4v) is 3.60. The number of aryl methyl sites for hydroxylation is 1. The quantitative estimate of drug-likeness (QED) is 0.739. The standard InChI is InChI=1S/C16H25N7O/c24-15(18-7-4-9-22-10-8-17-13-22)11-16(5-2-1-3-6-16)12-23-14-19-20-21-23/h8,10,13-14H,1-7,9,11-12H2,(H,18,24). The van der Waals surface area contributed by atoms with Gasteiger partial charge >= 0.3 is 0 Å². The summed E-state index contributed by atoms with van der Waals surface area (Å²) in [6.45, 7) is 2.29. The van der Waals surface area contributed by atoms with Crippen molar-refractivity contribution in [3.63, 3.8) is 0 Å². The Hall–Kier alpha value is -2.25. The third-order valence-corrected chi connectivity index (χ3v) is 4.81. The van der Waals surface area contributed by atoms with Gasteiger partial charge in [-0.05, 0) is 35.1 Å². The maximum absolute atomic E-state index is 12.4. The molecule has 8 nitrogen and oxygen atoms in total. The molecule has 2 aromatic heterocycles. The van der Waals surface area contributed by atoms with Crippen LogP contribution in [0, 0.1) is 5.41 Å². The van der Waals surface area contributed by atoms with Crippen molar-refractivity contribution < 1.29 is 4.79 Å². The Morgan fingerprint density at radius 2 is 2.08 bits per heavy atom. The van der Waals surface area contributed by atoms with Crippen molar-refractivity contribution in [3.05, 3.63) is 25.0 Å². The van der Waals surface area contributed by atoms with Gasteiger partial charge in [-0.25, -0.2) is 9.67 Å². The van der Waals surface area contributed by atoms with E-state index in [1.807, 2.05) is 10.8 Å². The van der Waals surface area contributed by atoms with E-state index in [0.717, 1.165) is 32.4 Å². The highest BCUT2D eigenvalue weighted by atomic mass is 16.1. The minimum atomic E-state index is -0.0118. The fraction of sp³-hybridized carbons (Fsp3) is 0.688. The monoisotopic (exact) mass is 331 g/mol. The van der Waals surface area contributed by atoms with Gasteiger partial charge in [0.2, 0.25) is 5.91 Å². The molecule has 0 unspecified atom stereocenters. The third-order valence-electron chi connectivity index (χ3n) is 4.81. The van der Waals surface area contributed by atoms with E-state index >= 15 is 0 Å². The maximum Gasteiger partial charge on any atom is 0.220 e. The highest BCUT2D eigenvalue weighted by Crippen LogP contribution is 2.40. The van der Waals surface area contributed by atoms with Crippen molar-refractivity contribution >= 4 is 5.91 Å². The third kappa shape index (κ3) is 4.62. The molecule has 130 valence electrons. The van der Waals surface area contributed by atoms with E-state index in [2.05, 4.69) is 25.8 Å². The molecule has 1 fully saturated rings. The van der Waals surface area contributed by atoms with Gasteiger partial charge in [0.15, 0.2) is 0 Å². The highest BCUT2D eigenvalue weighted by molar-refractivity contribution is 5.76. The number of nitrogens with one attached hydrogen (secondary N) is 1. The van der Waals surface area contributed by atoms with E-state index in [9.17, 15) is 4.79 Å². The van der Waals surface area contributed by atoms with Crippen LogP contribution in [-0.2, 0) is 17.9 Å². The van der Waals surface area contributed by atoms with Gasteiger partial charge in [0.05, 0.1) is 12.9 Å². The van der Waals surface area contributed by atoms with Crippen molar-refractivity contribution in [1.82, 2.24) is 35.1 Å². The van der Waals surface area contributed by atoms with Crippen LogP contribution in [0.3, 0.4) is 0 Å². The van der Waals surface area contributed by atoms with Crippen LogP contribution in [0.5, 0.6) is 0 Å². The van der Waals surface area contributed by atoms with Gasteiger partial charge in [0.1, 0.15) is 6.33 Å². The van der Waals surface area contributed by atoms with Crippen LogP contribution in [0.25, 0.3) is 0 Å². The molecule has 1 saturated carbocycles.